The summed E-state index contributed by atoms with van der Waals surface area (Å²) in [7, 11) is 0. The van der Waals surface area contributed by atoms with Gasteiger partial charge in [0, 0.05) is 29.7 Å². The molecule has 0 atom stereocenters. The van der Waals surface area contributed by atoms with Crippen LogP contribution in [0.15, 0.2) is 72.6 Å². The minimum Gasteiger partial charge on any atom is -0.317 e. The topological polar surface area (TPSA) is 97.5 Å². The fraction of sp³-hybridized carbons (Fsp3) is 0.0909. The van der Waals surface area contributed by atoms with E-state index in [0.29, 0.717) is 11.4 Å². The zero-order chi connectivity index (χ0) is 21.3. The van der Waals surface area contributed by atoms with Crippen LogP contribution in [0.2, 0.25) is 0 Å². The second kappa shape index (κ2) is 7.67. The Morgan fingerprint density at radius 1 is 1.07 bits per heavy atom. The number of benzene rings is 2. The molecule has 8 nitrogen and oxygen atoms in total. The Morgan fingerprint density at radius 3 is 2.53 bits per heavy atom. The van der Waals surface area contributed by atoms with Gasteiger partial charge in [-0.05, 0) is 42.8 Å². The second-order valence-corrected chi connectivity index (χ2v) is 6.95. The molecule has 1 aromatic heterocycles. The largest absolute Gasteiger partial charge is 0.329 e. The van der Waals surface area contributed by atoms with Crippen molar-refractivity contribution in [2.45, 2.75) is 13.5 Å². The van der Waals surface area contributed by atoms with Crippen LogP contribution in [0.1, 0.15) is 16.8 Å². The first-order valence-electron chi connectivity index (χ1n) is 9.24. The summed E-state index contributed by atoms with van der Waals surface area (Å²) in [6.07, 6.45) is 3.37. The third kappa shape index (κ3) is 3.70. The number of urea groups is 1. The van der Waals surface area contributed by atoms with Gasteiger partial charge in [0.25, 0.3) is 11.6 Å². The molecule has 3 amide bonds. The van der Waals surface area contributed by atoms with Crippen molar-refractivity contribution >= 4 is 23.7 Å². The molecule has 0 bridgehead atoms. The van der Waals surface area contributed by atoms with Crippen LogP contribution in [0, 0.1) is 17.0 Å². The van der Waals surface area contributed by atoms with Crippen LogP contribution in [0.4, 0.5) is 10.5 Å². The summed E-state index contributed by atoms with van der Waals surface area (Å²) in [5.74, 6) is -0.405. The highest BCUT2D eigenvalue weighted by Crippen LogP contribution is 2.21. The lowest BCUT2D eigenvalue weighted by atomic mass is 10.1. The van der Waals surface area contributed by atoms with Crippen LogP contribution in [0.3, 0.4) is 0 Å². The molecule has 8 heteroatoms. The molecule has 0 spiro atoms. The number of non-ortho nitro benzene ring substituents is 1. The van der Waals surface area contributed by atoms with Crippen LogP contribution >= 0.6 is 0 Å². The number of carbonyl (C=O) groups is 2. The summed E-state index contributed by atoms with van der Waals surface area (Å²) in [6.45, 7) is 2.14. The lowest BCUT2D eigenvalue weighted by Crippen LogP contribution is -2.30. The lowest BCUT2D eigenvalue weighted by Gasteiger charge is -2.12. The zero-order valence-electron chi connectivity index (χ0n) is 16.1. The number of nitrogens with one attached hydrogen (secondary N) is 1. The molecule has 2 aromatic carbocycles. The Kier molecular flexibility index (Phi) is 4.89. The maximum Gasteiger partial charge on any atom is 0.329 e. The summed E-state index contributed by atoms with van der Waals surface area (Å²) in [5.41, 5.74) is 3.45. The number of rotatable bonds is 5. The van der Waals surface area contributed by atoms with Crippen molar-refractivity contribution < 1.29 is 14.5 Å². The van der Waals surface area contributed by atoms with Crippen molar-refractivity contribution in [1.29, 1.82) is 0 Å². The van der Waals surface area contributed by atoms with E-state index in [4.69, 9.17) is 0 Å². The SMILES string of the molecule is Cc1cccc(CN2C(=O)N/C(=C/c3cccn3-c3ccc([N+](=O)[O-])cc3)C2=O)c1. The molecule has 2 heterocycles. The van der Waals surface area contributed by atoms with Crippen LogP contribution in [-0.4, -0.2) is 26.3 Å². The number of carbonyl (C=O) groups excluding carboxylic acids is 2. The molecular weight excluding hydrogens is 384 g/mol. The van der Waals surface area contributed by atoms with Crippen molar-refractivity contribution in [2.75, 3.05) is 0 Å². The van der Waals surface area contributed by atoms with Crippen molar-refractivity contribution in [3.63, 3.8) is 0 Å². The van der Waals surface area contributed by atoms with Gasteiger partial charge >= 0.3 is 6.03 Å². The normalized spacial score (nSPS) is 15.0. The number of imide groups is 1. The summed E-state index contributed by atoms with van der Waals surface area (Å²) >= 11 is 0. The Bertz CT molecular complexity index is 1180. The standard InChI is InChI=1S/C22H18N4O4/c1-15-4-2-5-16(12-15)14-25-21(27)20(23-22(25)28)13-19-6-3-11-24(19)17-7-9-18(10-8-17)26(29)30/h2-13H,14H2,1H3,(H,23,28)/b20-13+. The van der Waals surface area contributed by atoms with E-state index >= 15 is 0 Å². The number of hydrogen-bond acceptors (Lipinski definition) is 4. The zero-order valence-corrected chi connectivity index (χ0v) is 16.1. The molecule has 0 unspecified atom stereocenters. The molecule has 1 N–H and O–H groups in total. The van der Waals surface area contributed by atoms with Crippen LogP contribution in [0.5, 0.6) is 0 Å². The van der Waals surface area contributed by atoms with E-state index in [1.165, 1.54) is 17.0 Å². The molecule has 1 aliphatic heterocycles. The molecule has 150 valence electrons. The summed E-state index contributed by atoms with van der Waals surface area (Å²) < 4.78 is 1.78. The first kappa shape index (κ1) is 19.1. The van der Waals surface area contributed by atoms with Gasteiger partial charge in [0.1, 0.15) is 5.70 Å². The fourth-order valence-electron chi connectivity index (χ4n) is 3.34. The quantitative estimate of drug-likeness (QED) is 0.304. The average molecular weight is 402 g/mol. The molecule has 0 saturated carbocycles. The number of nitro benzene ring substituents is 1. The number of nitro groups is 1. The van der Waals surface area contributed by atoms with Gasteiger partial charge in [-0.1, -0.05) is 29.8 Å². The van der Waals surface area contributed by atoms with Crippen molar-refractivity contribution in [3.05, 3.63) is 99.5 Å². The Labute approximate surface area is 172 Å². The summed E-state index contributed by atoms with van der Waals surface area (Å²) in [5, 5.41) is 13.5. The minimum atomic E-state index is -0.471. The van der Waals surface area contributed by atoms with Gasteiger partial charge in [-0.3, -0.25) is 19.8 Å². The second-order valence-electron chi connectivity index (χ2n) is 6.95. The van der Waals surface area contributed by atoms with Crippen molar-refractivity contribution in [3.8, 4) is 5.69 Å². The van der Waals surface area contributed by atoms with Gasteiger partial charge in [0.15, 0.2) is 0 Å². The van der Waals surface area contributed by atoms with E-state index in [0.717, 1.165) is 11.1 Å². The van der Waals surface area contributed by atoms with Gasteiger partial charge in [-0.25, -0.2) is 4.79 Å². The van der Waals surface area contributed by atoms with Crippen LogP contribution < -0.4 is 5.32 Å². The molecule has 1 aliphatic rings. The van der Waals surface area contributed by atoms with Crippen LogP contribution in [-0.2, 0) is 11.3 Å². The lowest BCUT2D eigenvalue weighted by molar-refractivity contribution is -0.384. The fourth-order valence-corrected chi connectivity index (χ4v) is 3.34. The number of amides is 3. The summed E-state index contributed by atoms with van der Waals surface area (Å²) in [6, 6.07) is 16.8. The van der Waals surface area contributed by atoms with Gasteiger partial charge in [0.2, 0.25) is 0 Å². The predicted octanol–water partition coefficient (Wildman–Crippen LogP) is 3.79. The highest BCUT2D eigenvalue weighted by molar-refractivity contribution is 6.13. The van der Waals surface area contributed by atoms with Gasteiger partial charge in [0.05, 0.1) is 11.5 Å². The Hall–Kier alpha value is -4.20. The van der Waals surface area contributed by atoms with Gasteiger partial charge in [-0.2, -0.15) is 0 Å². The van der Waals surface area contributed by atoms with E-state index in [-0.39, 0.29) is 17.9 Å². The smallest absolute Gasteiger partial charge is 0.317 e. The Morgan fingerprint density at radius 2 is 1.83 bits per heavy atom. The molecule has 0 radical (unpaired) electrons. The summed E-state index contributed by atoms with van der Waals surface area (Å²) in [4.78, 5) is 36.7. The molecule has 1 fully saturated rings. The molecule has 0 aliphatic carbocycles. The van der Waals surface area contributed by atoms with E-state index in [1.54, 1.807) is 41.1 Å². The van der Waals surface area contributed by atoms with E-state index in [9.17, 15) is 19.7 Å². The van der Waals surface area contributed by atoms with Crippen LogP contribution in [0.25, 0.3) is 11.8 Å². The monoisotopic (exact) mass is 402 g/mol. The average Bonchev–Trinajstić information content (AvgIpc) is 3.28. The van der Waals surface area contributed by atoms with E-state index < -0.39 is 16.9 Å². The number of hydrogen-bond donors (Lipinski definition) is 1. The van der Waals surface area contributed by atoms with E-state index in [1.807, 2.05) is 31.2 Å². The number of aryl methyl sites for hydroxylation is 1. The predicted molar refractivity (Wildman–Crippen MR) is 111 cm³/mol. The highest BCUT2D eigenvalue weighted by atomic mass is 16.6. The molecular formula is C22H18N4O4. The third-order valence-electron chi connectivity index (χ3n) is 4.80. The van der Waals surface area contributed by atoms with Crippen molar-refractivity contribution in [2.24, 2.45) is 0 Å². The number of nitrogens with zero attached hydrogens (tertiary/aromatic N) is 3. The van der Waals surface area contributed by atoms with Crippen molar-refractivity contribution in [1.82, 2.24) is 14.8 Å². The van der Waals surface area contributed by atoms with Gasteiger partial charge < -0.3 is 9.88 Å². The highest BCUT2D eigenvalue weighted by Gasteiger charge is 2.33. The molecule has 4 rings (SSSR count). The first-order chi connectivity index (χ1) is 14.4. The van der Waals surface area contributed by atoms with E-state index in [2.05, 4.69) is 5.32 Å². The maximum atomic E-state index is 12.8. The number of aromatic nitrogens is 1. The maximum absolute atomic E-state index is 12.8. The molecule has 30 heavy (non-hydrogen) atoms. The molecule has 3 aromatic rings. The van der Waals surface area contributed by atoms with Gasteiger partial charge in [-0.15, -0.1) is 0 Å². The Balaban J connectivity index is 1.59. The minimum absolute atomic E-state index is 0.00386. The third-order valence-corrected chi connectivity index (χ3v) is 4.80. The first-order valence-corrected chi connectivity index (χ1v) is 9.24. The molecule has 1 saturated heterocycles.